The summed E-state index contributed by atoms with van der Waals surface area (Å²) in [7, 11) is 0. The van der Waals surface area contributed by atoms with Gasteiger partial charge < -0.3 is 5.43 Å². The van der Waals surface area contributed by atoms with Crippen LogP contribution in [0.25, 0.3) is 0 Å². The summed E-state index contributed by atoms with van der Waals surface area (Å²) in [6.07, 6.45) is 5.26. The van der Waals surface area contributed by atoms with Crippen molar-refractivity contribution in [1.82, 2.24) is 9.88 Å². The lowest BCUT2D eigenvalue weighted by atomic mass is 10.1. The predicted octanol–water partition coefficient (Wildman–Crippen LogP) is 3.42. The first-order chi connectivity index (χ1) is 9.60. The Labute approximate surface area is 126 Å². The lowest BCUT2D eigenvalue weighted by molar-refractivity contribution is 0.167. The second-order valence-electron chi connectivity index (χ2n) is 6.03. The number of aromatic nitrogens is 1. The Morgan fingerprint density at radius 1 is 1.40 bits per heavy atom. The smallest absolute Gasteiger partial charge is 0.140 e. The van der Waals surface area contributed by atoms with Crippen molar-refractivity contribution in [2.24, 2.45) is 11.8 Å². The van der Waals surface area contributed by atoms with Crippen molar-refractivity contribution < 1.29 is 0 Å². The minimum atomic E-state index is 0.644. The molecule has 0 spiro atoms. The predicted molar refractivity (Wildman–Crippen MR) is 84.6 cm³/mol. The molecule has 0 bridgehead atoms. The van der Waals surface area contributed by atoms with Crippen LogP contribution in [-0.2, 0) is 6.54 Å². The summed E-state index contributed by atoms with van der Waals surface area (Å²) in [6.45, 7) is 6.41. The van der Waals surface area contributed by atoms with Gasteiger partial charge in [-0.25, -0.2) is 10.8 Å². The molecule has 5 heteroatoms. The molecule has 2 rings (SSSR count). The Morgan fingerprint density at radius 2 is 2.10 bits per heavy atom. The third kappa shape index (κ3) is 4.08. The topological polar surface area (TPSA) is 54.2 Å². The van der Waals surface area contributed by atoms with Gasteiger partial charge in [0, 0.05) is 19.1 Å². The van der Waals surface area contributed by atoms with E-state index < -0.39 is 0 Å². The lowest BCUT2D eigenvalue weighted by Crippen LogP contribution is -2.36. The minimum absolute atomic E-state index is 0.644. The van der Waals surface area contributed by atoms with Gasteiger partial charge in [0.2, 0.25) is 0 Å². The first-order valence-corrected chi connectivity index (χ1v) is 7.84. The number of hydrazine groups is 1. The largest absolute Gasteiger partial charge is 0.308 e. The first kappa shape index (κ1) is 15.5. The van der Waals surface area contributed by atoms with Gasteiger partial charge in [-0.05, 0) is 30.9 Å². The number of nitrogen functional groups attached to an aromatic ring is 1. The molecule has 1 saturated carbocycles. The molecule has 0 atom stereocenters. The Hall–Kier alpha value is -0.840. The van der Waals surface area contributed by atoms with Gasteiger partial charge in [-0.1, -0.05) is 38.3 Å². The first-order valence-electron chi connectivity index (χ1n) is 7.46. The zero-order valence-electron chi connectivity index (χ0n) is 12.4. The fraction of sp³-hybridized carbons (Fsp3) is 0.667. The molecule has 1 fully saturated rings. The Bertz CT molecular complexity index is 430. The average molecular weight is 297 g/mol. The summed E-state index contributed by atoms with van der Waals surface area (Å²) >= 11 is 6.28. The fourth-order valence-corrected chi connectivity index (χ4v) is 3.11. The van der Waals surface area contributed by atoms with E-state index in [1.165, 1.54) is 25.7 Å². The van der Waals surface area contributed by atoms with E-state index in [4.69, 9.17) is 17.4 Å². The molecule has 1 aromatic heterocycles. The van der Waals surface area contributed by atoms with Crippen molar-refractivity contribution in [3.8, 4) is 0 Å². The second-order valence-corrected chi connectivity index (χ2v) is 6.44. The molecular weight excluding hydrogens is 272 g/mol. The van der Waals surface area contributed by atoms with Crippen LogP contribution in [0.3, 0.4) is 0 Å². The van der Waals surface area contributed by atoms with Gasteiger partial charge in [0.1, 0.15) is 5.82 Å². The van der Waals surface area contributed by atoms with Crippen LogP contribution in [0.4, 0.5) is 5.82 Å². The summed E-state index contributed by atoms with van der Waals surface area (Å²) in [5.74, 6) is 6.74. The summed E-state index contributed by atoms with van der Waals surface area (Å²) in [4.78, 5) is 7.03. The Morgan fingerprint density at radius 3 is 2.70 bits per heavy atom. The molecule has 1 heterocycles. The fourth-order valence-electron chi connectivity index (χ4n) is 2.95. The maximum Gasteiger partial charge on any atom is 0.140 e. The van der Waals surface area contributed by atoms with Gasteiger partial charge in [-0.3, -0.25) is 4.90 Å². The molecular formula is C15H25ClN4. The van der Waals surface area contributed by atoms with Gasteiger partial charge in [0.15, 0.2) is 0 Å². The van der Waals surface area contributed by atoms with Gasteiger partial charge >= 0.3 is 0 Å². The Kier molecular flexibility index (Phi) is 5.64. The molecule has 1 aromatic rings. The van der Waals surface area contributed by atoms with Crippen molar-refractivity contribution in [1.29, 1.82) is 0 Å². The van der Waals surface area contributed by atoms with Gasteiger partial charge in [0.25, 0.3) is 0 Å². The third-order valence-electron chi connectivity index (χ3n) is 3.86. The van der Waals surface area contributed by atoms with Crippen molar-refractivity contribution in [2.75, 3.05) is 12.0 Å². The number of pyridine rings is 1. The van der Waals surface area contributed by atoms with Gasteiger partial charge in [-0.15, -0.1) is 0 Å². The number of nitrogens with zero attached hydrogens (tertiary/aromatic N) is 2. The van der Waals surface area contributed by atoms with E-state index in [0.29, 0.717) is 17.8 Å². The summed E-state index contributed by atoms with van der Waals surface area (Å²) in [6, 6.07) is 4.33. The molecule has 0 unspecified atom stereocenters. The minimum Gasteiger partial charge on any atom is -0.308 e. The third-order valence-corrected chi connectivity index (χ3v) is 4.20. The van der Waals surface area contributed by atoms with Crippen LogP contribution in [0.15, 0.2) is 12.1 Å². The van der Waals surface area contributed by atoms with Crippen LogP contribution in [-0.4, -0.2) is 22.5 Å². The zero-order chi connectivity index (χ0) is 14.5. The van der Waals surface area contributed by atoms with E-state index >= 15 is 0 Å². The number of hydrogen-bond donors (Lipinski definition) is 2. The highest BCUT2D eigenvalue weighted by molar-refractivity contribution is 6.31. The number of anilines is 1. The maximum atomic E-state index is 6.28. The van der Waals surface area contributed by atoms with Crippen LogP contribution in [0.2, 0.25) is 5.02 Å². The molecule has 3 N–H and O–H groups in total. The van der Waals surface area contributed by atoms with E-state index in [1.807, 2.05) is 6.07 Å². The SMILES string of the molecule is CC(C)CN(Cc1nc(NN)ccc1Cl)C1CCCC1. The number of nitrogens with one attached hydrogen (secondary N) is 1. The molecule has 20 heavy (non-hydrogen) atoms. The molecule has 1 aliphatic rings. The average Bonchev–Trinajstić information content (AvgIpc) is 2.94. The standard InChI is InChI=1S/C15H25ClN4/c1-11(2)9-20(12-5-3-4-6-12)10-14-13(16)7-8-15(18-14)19-17/h7-8,11-12H,3-6,9-10,17H2,1-2H3,(H,18,19). The van der Waals surface area contributed by atoms with Crippen LogP contribution in [0.1, 0.15) is 45.2 Å². The molecule has 4 nitrogen and oxygen atoms in total. The molecule has 1 aliphatic carbocycles. The van der Waals surface area contributed by atoms with Crippen molar-refractivity contribution in [3.05, 3.63) is 22.8 Å². The van der Waals surface area contributed by atoms with Crippen molar-refractivity contribution in [3.63, 3.8) is 0 Å². The van der Waals surface area contributed by atoms with E-state index in [9.17, 15) is 0 Å². The monoisotopic (exact) mass is 296 g/mol. The van der Waals surface area contributed by atoms with Crippen LogP contribution < -0.4 is 11.3 Å². The highest BCUT2D eigenvalue weighted by atomic mass is 35.5. The molecule has 0 amide bonds. The maximum absolute atomic E-state index is 6.28. The number of nitrogens with two attached hydrogens (primary N) is 1. The van der Waals surface area contributed by atoms with Crippen molar-refractivity contribution in [2.45, 2.75) is 52.1 Å². The Balaban J connectivity index is 2.13. The normalized spacial score (nSPS) is 16.3. The van der Waals surface area contributed by atoms with E-state index in [-0.39, 0.29) is 0 Å². The summed E-state index contributed by atoms with van der Waals surface area (Å²) < 4.78 is 0. The van der Waals surface area contributed by atoms with E-state index in [1.54, 1.807) is 6.07 Å². The zero-order valence-corrected chi connectivity index (χ0v) is 13.2. The van der Waals surface area contributed by atoms with Gasteiger partial charge in [-0.2, -0.15) is 0 Å². The van der Waals surface area contributed by atoms with Crippen LogP contribution in [0.5, 0.6) is 0 Å². The number of rotatable bonds is 6. The second kappa shape index (κ2) is 7.25. The van der Waals surface area contributed by atoms with E-state index in [0.717, 1.165) is 23.8 Å². The van der Waals surface area contributed by atoms with Crippen LogP contribution >= 0.6 is 11.6 Å². The highest BCUT2D eigenvalue weighted by Crippen LogP contribution is 2.27. The van der Waals surface area contributed by atoms with Crippen molar-refractivity contribution >= 4 is 17.4 Å². The summed E-state index contributed by atoms with van der Waals surface area (Å²) in [5.41, 5.74) is 3.50. The molecule has 112 valence electrons. The molecule has 0 radical (unpaired) electrons. The quantitative estimate of drug-likeness (QED) is 0.624. The molecule has 0 saturated heterocycles. The van der Waals surface area contributed by atoms with Gasteiger partial charge in [0.05, 0.1) is 10.7 Å². The molecule has 0 aliphatic heterocycles. The highest BCUT2D eigenvalue weighted by Gasteiger charge is 2.24. The number of halogens is 1. The summed E-state index contributed by atoms with van der Waals surface area (Å²) in [5, 5.41) is 0.718. The van der Waals surface area contributed by atoms with E-state index in [2.05, 4.69) is 29.2 Å². The lowest BCUT2D eigenvalue weighted by Gasteiger charge is -2.30. The number of hydrogen-bond acceptors (Lipinski definition) is 4. The van der Waals surface area contributed by atoms with Crippen LogP contribution in [0, 0.1) is 5.92 Å². The molecule has 0 aromatic carbocycles.